The maximum atomic E-state index is 14.8. The van der Waals surface area contributed by atoms with Crippen LogP contribution in [-0.2, 0) is 20.8 Å². The summed E-state index contributed by atoms with van der Waals surface area (Å²) < 4.78 is 20.2. The molecule has 7 nitrogen and oxygen atoms in total. The number of aliphatic carboxylic acids is 1. The van der Waals surface area contributed by atoms with Crippen LogP contribution in [0.2, 0.25) is 19.6 Å². The van der Waals surface area contributed by atoms with E-state index >= 15 is 0 Å². The van der Waals surface area contributed by atoms with Crippen molar-refractivity contribution in [3.8, 4) is 5.75 Å². The van der Waals surface area contributed by atoms with Gasteiger partial charge in [-0.2, -0.15) is 0 Å². The lowest BCUT2D eigenvalue weighted by atomic mass is 9.72. The third-order valence-electron chi connectivity index (χ3n) is 7.20. The van der Waals surface area contributed by atoms with Gasteiger partial charge >= 0.3 is 5.97 Å². The first-order valence-corrected chi connectivity index (χ1v) is 15.8. The van der Waals surface area contributed by atoms with Crippen LogP contribution >= 0.6 is 0 Å². The van der Waals surface area contributed by atoms with E-state index < -0.39 is 26.0 Å². The normalized spacial score (nSPS) is 21.2. The average molecular weight is 513 g/mol. The molecule has 0 radical (unpaired) electrons. The number of hydrogen-bond acceptors (Lipinski definition) is 4. The number of anilines is 1. The highest BCUT2D eigenvalue weighted by molar-refractivity contribution is 6.88. The fraction of sp³-hybridized carbons (Fsp3) is 0.444. The summed E-state index contributed by atoms with van der Waals surface area (Å²) in [6, 6.07) is 9.37. The van der Waals surface area contributed by atoms with Gasteiger partial charge in [-0.25, -0.2) is 4.39 Å². The first-order valence-electron chi connectivity index (χ1n) is 12.3. The maximum Gasteiger partial charge on any atom is 0.303 e. The van der Waals surface area contributed by atoms with Gasteiger partial charge < -0.3 is 20.1 Å². The standard InChI is InChI=1S/C27H33FN2O5Si/c1-35-20-6-7-21-17(14-20)9-10-30(27(34)18-11-16(12-18)13-24(31)32)25(21)26(33)29-19-5-8-23(22(28)15-19)36(2,3)4/h5-8,14-16,18,25H,9-13H2,1-4H3,(H,29,33)(H,31,32)/t16-,18+,25-/m1/s1. The molecule has 2 aromatic carbocycles. The molecule has 1 fully saturated rings. The lowest BCUT2D eigenvalue weighted by molar-refractivity contribution is -0.149. The average Bonchev–Trinajstić information content (AvgIpc) is 2.78. The molecule has 36 heavy (non-hydrogen) atoms. The van der Waals surface area contributed by atoms with Crippen LogP contribution in [0.5, 0.6) is 5.75 Å². The van der Waals surface area contributed by atoms with E-state index in [0.717, 1.165) is 5.56 Å². The van der Waals surface area contributed by atoms with Crippen LogP contribution in [0.1, 0.15) is 36.4 Å². The van der Waals surface area contributed by atoms with Crippen molar-refractivity contribution < 1.29 is 28.6 Å². The van der Waals surface area contributed by atoms with Gasteiger partial charge in [0, 0.05) is 24.6 Å². The number of carboxylic acids is 1. The number of methoxy groups -OCH3 is 1. The molecule has 0 spiro atoms. The van der Waals surface area contributed by atoms with Gasteiger partial charge in [-0.05, 0) is 65.8 Å². The Balaban J connectivity index is 1.60. The van der Waals surface area contributed by atoms with Crippen LogP contribution in [-0.4, -0.2) is 49.5 Å². The molecule has 192 valence electrons. The summed E-state index contributed by atoms with van der Waals surface area (Å²) in [7, 11) is -0.294. The molecule has 2 aliphatic rings. The predicted molar refractivity (Wildman–Crippen MR) is 138 cm³/mol. The first kappa shape index (κ1) is 25.9. The highest BCUT2D eigenvalue weighted by Crippen LogP contribution is 2.41. The van der Waals surface area contributed by atoms with Crippen molar-refractivity contribution in [2.75, 3.05) is 19.0 Å². The Morgan fingerprint density at radius 2 is 1.86 bits per heavy atom. The van der Waals surface area contributed by atoms with Gasteiger partial charge in [0.25, 0.3) is 5.91 Å². The van der Waals surface area contributed by atoms with E-state index in [1.54, 1.807) is 36.3 Å². The van der Waals surface area contributed by atoms with Crippen molar-refractivity contribution in [1.82, 2.24) is 4.90 Å². The summed E-state index contributed by atoms with van der Waals surface area (Å²) in [4.78, 5) is 39.6. The van der Waals surface area contributed by atoms with Gasteiger partial charge in [-0.15, -0.1) is 0 Å². The SMILES string of the molecule is COc1ccc2c(c1)CCN(C(=O)[C@H]1C[C@@H](CC(=O)O)C1)[C@H]2C(=O)Nc1ccc([Si](C)(C)C)c(F)c1. The number of benzene rings is 2. The molecule has 0 saturated heterocycles. The zero-order valence-corrected chi connectivity index (χ0v) is 22.1. The van der Waals surface area contributed by atoms with Crippen LogP contribution < -0.4 is 15.2 Å². The zero-order chi connectivity index (χ0) is 26.2. The third-order valence-corrected chi connectivity index (χ3v) is 9.22. The minimum Gasteiger partial charge on any atom is -0.497 e. The summed E-state index contributed by atoms with van der Waals surface area (Å²) in [6.45, 7) is 6.53. The molecule has 1 heterocycles. The lowest BCUT2D eigenvalue weighted by Crippen LogP contribution is -2.50. The Morgan fingerprint density at radius 3 is 2.47 bits per heavy atom. The topological polar surface area (TPSA) is 95.9 Å². The van der Waals surface area contributed by atoms with E-state index in [4.69, 9.17) is 9.84 Å². The minimum absolute atomic E-state index is 0.0158. The van der Waals surface area contributed by atoms with Crippen LogP contribution in [0.4, 0.5) is 10.1 Å². The van der Waals surface area contributed by atoms with Gasteiger partial charge in [0.15, 0.2) is 0 Å². The Labute approximate surface area is 211 Å². The Bertz CT molecular complexity index is 1190. The van der Waals surface area contributed by atoms with E-state index in [1.807, 2.05) is 6.07 Å². The second-order valence-corrected chi connectivity index (χ2v) is 15.9. The van der Waals surface area contributed by atoms with Crippen molar-refractivity contribution in [1.29, 1.82) is 0 Å². The molecule has 2 amide bonds. The second-order valence-electron chi connectivity index (χ2n) is 10.8. The van der Waals surface area contributed by atoms with E-state index in [2.05, 4.69) is 25.0 Å². The molecule has 1 saturated carbocycles. The molecule has 9 heteroatoms. The number of ether oxygens (including phenoxy) is 1. The second kappa shape index (κ2) is 10.0. The van der Waals surface area contributed by atoms with Crippen LogP contribution in [0, 0.1) is 17.7 Å². The monoisotopic (exact) mass is 512 g/mol. The quantitative estimate of drug-likeness (QED) is 0.548. The van der Waals surface area contributed by atoms with E-state index in [1.165, 1.54) is 6.07 Å². The molecule has 0 aromatic heterocycles. The molecule has 0 bridgehead atoms. The Morgan fingerprint density at radius 1 is 1.14 bits per heavy atom. The number of carboxylic acid groups (broad SMARTS) is 1. The fourth-order valence-corrected chi connectivity index (χ4v) is 6.62. The molecule has 1 aliphatic heterocycles. The van der Waals surface area contributed by atoms with Gasteiger partial charge in [-0.3, -0.25) is 14.4 Å². The summed E-state index contributed by atoms with van der Waals surface area (Å²) in [5.41, 5.74) is 1.99. The van der Waals surface area contributed by atoms with Gasteiger partial charge in [-0.1, -0.05) is 31.8 Å². The largest absolute Gasteiger partial charge is 0.497 e. The van der Waals surface area contributed by atoms with Gasteiger partial charge in [0.2, 0.25) is 5.91 Å². The number of fused-ring (bicyclic) bond motifs is 1. The van der Waals surface area contributed by atoms with Crippen molar-refractivity contribution in [3.63, 3.8) is 0 Å². The molecule has 2 N–H and O–H groups in total. The fourth-order valence-electron chi connectivity index (χ4n) is 5.25. The maximum absolute atomic E-state index is 14.8. The number of nitrogens with zero attached hydrogens (tertiary/aromatic N) is 1. The molecule has 0 unspecified atom stereocenters. The van der Waals surface area contributed by atoms with E-state index in [-0.39, 0.29) is 30.0 Å². The number of amides is 2. The smallest absolute Gasteiger partial charge is 0.303 e. The van der Waals surface area contributed by atoms with Gasteiger partial charge in [0.1, 0.15) is 17.6 Å². The molecule has 4 rings (SSSR count). The van der Waals surface area contributed by atoms with E-state index in [9.17, 15) is 18.8 Å². The van der Waals surface area contributed by atoms with Crippen molar-refractivity contribution in [2.24, 2.45) is 11.8 Å². The number of halogens is 1. The molecule has 1 atom stereocenters. The lowest BCUT2D eigenvalue weighted by Gasteiger charge is -2.42. The van der Waals surface area contributed by atoms with Gasteiger partial charge in [0.05, 0.1) is 15.2 Å². The number of nitrogens with one attached hydrogen (secondary N) is 1. The highest BCUT2D eigenvalue weighted by atomic mass is 28.3. The third kappa shape index (κ3) is 5.30. The molecule has 1 aliphatic carbocycles. The number of hydrogen-bond donors (Lipinski definition) is 2. The summed E-state index contributed by atoms with van der Waals surface area (Å²) >= 11 is 0. The van der Waals surface area contributed by atoms with Crippen molar-refractivity contribution >= 4 is 36.7 Å². The molecular formula is C27H33FN2O5Si. The number of carbonyl (C=O) groups is 3. The summed E-state index contributed by atoms with van der Waals surface area (Å²) in [5.74, 6) is -1.39. The zero-order valence-electron chi connectivity index (χ0n) is 21.1. The number of rotatable bonds is 7. The van der Waals surface area contributed by atoms with Crippen LogP contribution in [0.3, 0.4) is 0 Å². The van der Waals surface area contributed by atoms with Crippen LogP contribution in [0.15, 0.2) is 36.4 Å². The summed E-state index contributed by atoms with van der Waals surface area (Å²) in [5, 5.41) is 12.5. The summed E-state index contributed by atoms with van der Waals surface area (Å²) in [6.07, 6.45) is 1.64. The molecule has 2 aromatic rings. The molecular weight excluding hydrogens is 479 g/mol. The van der Waals surface area contributed by atoms with Crippen molar-refractivity contribution in [3.05, 3.63) is 53.3 Å². The van der Waals surface area contributed by atoms with Crippen LogP contribution in [0.25, 0.3) is 0 Å². The first-order chi connectivity index (χ1) is 17.0. The Kier molecular flexibility index (Phi) is 7.22. The Hall–Kier alpha value is -3.20. The van der Waals surface area contributed by atoms with Crippen molar-refractivity contribution in [2.45, 2.75) is 51.4 Å². The minimum atomic E-state index is -1.87. The highest BCUT2D eigenvalue weighted by Gasteiger charge is 2.43. The predicted octanol–water partition coefficient (Wildman–Crippen LogP) is 3.94. The van der Waals surface area contributed by atoms with E-state index in [0.29, 0.717) is 48.0 Å². The number of carbonyl (C=O) groups excluding carboxylic acids is 2.